The van der Waals surface area contributed by atoms with Crippen LogP contribution in [-0.2, 0) is 0 Å². The third-order valence-electron chi connectivity index (χ3n) is 3.71. The highest BCUT2D eigenvalue weighted by molar-refractivity contribution is 6.02. The average molecular weight is 336 g/mol. The van der Waals surface area contributed by atoms with Crippen LogP contribution in [0, 0.1) is 0 Å². The van der Waals surface area contributed by atoms with Crippen molar-refractivity contribution in [2.45, 2.75) is 6.92 Å². The number of methoxy groups -OCH3 is 1. The molecule has 126 valence electrons. The monoisotopic (exact) mass is 336 g/mol. The number of hydrogen-bond acceptors (Lipinski definition) is 5. The summed E-state index contributed by atoms with van der Waals surface area (Å²) >= 11 is 0. The van der Waals surface area contributed by atoms with Crippen molar-refractivity contribution in [1.82, 2.24) is 5.43 Å². The van der Waals surface area contributed by atoms with Crippen molar-refractivity contribution in [2.24, 2.45) is 5.10 Å². The number of rotatable bonds is 4. The zero-order valence-corrected chi connectivity index (χ0v) is 13.8. The Kier molecular flexibility index (Phi) is 4.61. The van der Waals surface area contributed by atoms with Crippen LogP contribution in [0.4, 0.5) is 0 Å². The molecule has 2 aromatic carbocycles. The van der Waals surface area contributed by atoms with Gasteiger partial charge in [0.05, 0.1) is 18.4 Å². The number of carbonyl (C=O) groups excluding carboxylic acids is 1. The Labute approximate surface area is 143 Å². The van der Waals surface area contributed by atoms with Gasteiger partial charge in [0.2, 0.25) is 0 Å². The minimum absolute atomic E-state index is 0.300. The SMILES string of the molecule is COc1ccc(C(=O)N/N=C(\C)c2cc3ccccc3oc2=O)cc1. The van der Waals surface area contributed by atoms with Crippen molar-refractivity contribution in [3.05, 3.63) is 76.1 Å². The normalized spacial score (nSPS) is 11.4. The van der Waals surface area contributed by atoms with Crippen LogP contribution in [0.5, 0.6) is 5.75 Å². The molecule has 1 N–H and O–H groups in total. The van der Waals surface area contributed by atoms with E-state index in [1.54, 1.807) is 56.5 Å². The molecular weight excluding hydrogens is 320 g/mol. The summed E-state index contributed by atoms with van der Waals surface area (Å²) in [4.78, 5) is 24.2. The Morgan fingerprint density at radius 3 is 2.56 bits per heavy atom. The molecule has 25 heavy (non-hydrogen) atoms. The van der Waals surface area contributed by atoms with Gasteiger partial charge in [-0.15, -0.1) is 0 Å². The van der Waals surface area contributed by atoms with Crippen molar-refractivity contribution in [3.8, 4) is 5.75 Å². The third kappa shape index (κ3) is 3.58. The van der Waals surface area contributed by atoms with E-state index in [1.807, 2.05) is 12.1 Å². The lowest BCUT2D eigenvalue weighted by Crippen LogP contribution is -2.21. The Bertz CT molecular complexity index is 1000. The van der Waals surface area contributed by atoms with E-state index in [9.17, 15) is 9.59 Å². The highest BCUT2D eigenvalue weighted by Gasteiger charge is 2.10. The lowest BCUT2D eigenvalue weighted by molar-refractivity contribution is 0.0955. The van der Waals surface area contributed by atoms with E-state index in [2.05, 4.69) is 10.5 Å². The first-order chi connectivity index (χ1) is 12.1. The molecule has 0 bridgehead atoms. The maximum absolute atomic E-state index is 12.1. The minimum Gasteiger partial charge on any atom is -0.497 e. The molecule has 0 saturated heterocycles. The smallest absolute Gasteiger partial charge is 0.345 e. The molecule has 0 fully saturated rings. The van der Waals surface area contributed by atoms with Crippen LogP contribution in [0.1, 0.15) is 22.8 Å². The van der Waals surface area contributed by atoms with Crippen LogP contribution in [0.15, 0.2) is 68.9 Å². The van der Waals surface area contributed by atoms with Gasteiger partial charge in [0, 0.05) is 10.9 Å². The second-order valence-electron chi connectivity index (χ2n) is 5.35. The third-order valence-corrected chi connectivity index (χ3v) is 3.71. The first-order valence-corrected chi connectivity index (χ1v) is 7.60. The molecule has 0 atom stereocenters. The van der Waals surface area contributed by atoms with Crippen LogP contribution < -0.4 is 15.8 Å². The van der Waals surface area contributed by atoms with Gasteiger partial charge in [-0.25, -0.2) is 10.2 Å². The second-order valence-corrected chi connectivity index (χ2v) is 5.35. The van der Waals surface area contributed by atoms with Crippen LogP contribution in [0.25, 0.3) is 11.0 Å². The first kappa shape index (κ1) is 16.4. The van der Waals surface area contributed by atoms with Gasteiger partial charge in [0.1, 0.15) is 11.3 Å². The van der Waals surface area contributed by atoms with Gasteiger partial charge in [-0.2, -0.15) is 5.10 Å². The van der Waals surface area contributed by atoms with E-state index in [-0.39, 0.29) is 5.91 Å². The van der Waals surface area contributed by atoms with Crippen molar-refractivity contribution >= 4 is 22.6 Å². The summed E-state index contributed by atoms with van der Waals surface area (Å²) in [5.74, 6) is 0.275. The number of fused-ring (bicyclic) bond motifs is 1. The largest absolute Gasteiger partial charge is 0.497 e. The quantitative estimate of drug-likeness (QED) is 0.451. The van der Waals surface area contributed by atoms with Gasteiger partial charge in [-0.3, -0.25) is 4.79 Å². The molecule has 1 aromatic heterocycles. The predicted molar refractivity (Wildman–Crippen MR) is 95.2 cm³/mol. The van der Waals surface area contributed by atoms with Crippen molar-refractivity contribution in [1.29, 1.82) is 0 Å². The molecule has 6 heteroatoms. The van der Waals surface area contributed by atoms with Gasteiger partial charge >= 0.3 is 5.63 Å². The molecule has 3 aromatic rings. The van der Waals surface area contributed by atoms with Crippen LogP contribution >= 0.6 is 0 Å². The van der Waals surface area contributed by atoms with Crippen molar-refractivity contribution in [3.63, 3.8) is 0 Å². The van der Waals surface area contributed by atoms with Crippen LogP contribution in [-0.4, -0.2) is 18.7 Å². The standard InChI is InChI=1S/C19H16N2O4/c1-12(16-11-14-5-3-4-6-17(14)25-19(16)23)20-21-18(22)13-7-9-15(24-2)10-8-13/h3-11H,1-2H3,(H,21,22)/b20-12+. The first-order valence-electron chi connectivity index (χ1n) is 7.60. The molecule has 6 nitrogen and oxygen atoms in total. The minimum atomic E-state index is -0.501. The maximum atomic E-state index is 12.1. The molecule has 1 heterocycles. The maximum Gasteiger partial charge on any atom is 0.345 e. The lowest BCUT2D eigenvalue weighted by atomic mass is 10.1. The number of para-hydroxylation sites is 1. The molecule has 0 aliphatic carbocycles. The summed E-state index contributed by atoms with van der Waals surface area (Å²) in [6.45, 7) is 1.63. The number of ether oxygens (including phenoxy) is 1. The molecule has 1 amide bonds. The summed E-state index contributed by atoms with van der Waals surface area (Å²) in [5.41, 5.74) is 3.54. The fourth-order valence-corrected chi connectivity index (χ4v) is 2.32. The van der Waals surface area contributed by atoms with Crippen LogP contribution in [0.3, 0.4) is 0 Å². The molecule has 0 aliphatic heterocycles. The average Bonchev–Trinajstić information content (AvgIpc) is 2.65. The summed E-state index contributed by atoms with van der Waals surface area (Å²) in [7, 11) is 1.55. The topological polar surface area (TPSA) is 80.9 Å². The van der Waals surface area contributed by atoms with E-state index in [0.717, 1.165) is 5.39 Å². The molecule has 3 rings (SSSR count). The molecule has 0 aliphatic rings. The molecule has 0 saturated carbocycles. The molecule has 0 spiro atoms. The number of hydrogen-bond donors (Lipinski definition) is 1. The van der Waals surface area contributed by atoms with Gasteiger partial charge in [0.25, 0.3) is 5.91 Å². The zero-order valence-electron chi connectivity index (χ0n) is 13.8. The number of benzene rings is 2. The fourth-order valence-electron chi connectivity index (χ4n) is 2.32. The molecular formula is C19H16N2O4. The van der Waals surface area contributed by atoms with E-state index in [1.165, 1.54) is 0 Å². The van der Waals surface area contributed by atoms with E-state index < -0.39 is 5.63 Å². The summed E-state index contributed by atoms with van der Waals surface area (Å²) in [6, 6.07) is 15.5. The summed E-state index contributed by atoms with van der Waals surface area (Å²) in [6.07, 6.45) is 0. The number of nitrogens with one attached hydrogen (secondary N) is 1. The van der Waals surface area contributed by atoms with Crippen molar-refractivity contribution < 1.29 is 13.9 Å². The van der Waals surface area contributed by atoms with Gasteiger partial charge in [0.15, 0.2) is 0 Å². The lowest BCUT2D eigenvalue weighted by Gasteiger charge is -2.04. The number of amides is 1. The van der Waals surface area contributed by atoms with Gasteiger partial charge in [-0.1, -0.05) is 18.2 Å². The Morgan fingerprint density at radius 1 is 1.12 bits per heavy atom. The fraction of sp³-hybridized carbons (Fsp3) is 0.105. The molecule has 0 unspecified atom stereocenters. The van der Waals surface area contributed by atoms with E-state index in [0.29, 0.717) is 28.2 Å². The number of hydrazone groups is 1. The Balaban J connectivity index is 1.82. The molecule has 0 radical (unpaired) electrons. The zero-order chi connectivity index (χ0) is 17.8. The summed E-state index contributed by atoms with van der Waals surface area (Å²) in [5, 5.41) is 4.79. The number of nitrogens with zero attached hydrogens (tertiary/aromatic N) is 1. The summed E-state index contributed by atoms with van der Waals surface area (Å²) < 4.78 is 10.3. The number of carbonyl (C=O) groups is 1. The highest BCUT2D eigenvalue weighted by atomic mass is 16.5. The van der Waals surface area contributed by atoms with Gasteiger partial charge < -0.3 is 9.15 Å². The predicted octanol–water partition coefficient (Wildman–Crippen LogP) is 2.96. The second kappa shape index (κ2) is 7.00. The van der Waals surface area contributed by atoms with E-state index in [4.69, 9.17) is 9.15 Å². The Hall–Kier alpha value is -3.41. The van der Waals surface area contributed by atoms with Gasteiger partial charge in [-0.05, 0) is 43.3 Å². The van der Waals surface area contributed by atoms with Crippen molar-refractivity contribution in [2.75, 3.05) is 7.11 Å². The van der Waals surface area contributed by atoms with E-state index >= 15 is 0 Å². The Morgan fingerprint density at radius 2 is 1.84 bits per heavy atom. The van der Waals surface area contributed by atoms with Crippen LogP contribution in [0.2, 0.25) is 0 Å². The highest BCUT2D eigenvalue weighted by Crippen LogP contribution is 2.13.